The van der Waals surface area contributed by atoms with Crippen LogP contribution < -0.4 is 0 Å². The molecule has 0 N–H and O–H groups in total. The van der Waals surface area contributed by atoms with Gasteiger partial charge in [0.1, 0.15) is 16.3 Å². The Hall–Kier alpha value is -2.71. The van der Waals surface area contributed by atoms with Crippen molar-refractivity contribution in [2.24, 2.45) is 0 Å². The van der Waals surface area contributed by atoms with Gasteiger partial charge in [0.2, 0.25) is 15.9 Å². The molecule has 3 aromatic rings. The molecule has 0 spiro atoms. The Bertz CT molecular complexity index is 1160. The van der Waals surface area contributed by atoms with Crippen LogP contribution >= 0.6 is 0 Å². The molecule has 0 saturated carbocycles. The average molecular weight is 416 g/mol. The van der Waals surface area contributed by atoms with E-state index in [-0.39, 0.29) is 43.4 Å². The van der Waals surface area contributed by atoms with E-state index in [1.54, 1.807) is 11.2 Å². The summed E-state index contributed by atoms with van der Waals surface area (Å²) in [6.07, 6.45) is 1.79. The number of hydrogen-bond donors (Lipinski definition) is 0. The van der Waals surface area contributed by atoms with Crippen molar-refractivity contribution in [2.75, 3.05) is 26.2 Å². The predicted octanol–water partition coefficient (Wildman–Crippen LogP) is 2.96. The number of nitrogens with zero attached hydrogens (tertiary/aromatic N) is 2. The lowest BCUT2D eigenvalue weighted by Gasteiger charge is -2.34. The first-order valence-electron chi connectivity index (χ1n) is 9.35. The number of benzene rings is 2. The third-order valence-electron chi connectivity index (χ3n) is 5.20. The van der Waals surface area contributed by atoms with Gasteiger partial charge in [0.25, 0.3) is 0 Å². The molecule has 29 heavy (non-hydrogen) atoms. The number of hydrogen-bond acceptors (Lipinski definition) is 4. The van der Waals surface area contributed by atoms with Crippen LogP contribution in [0.4, 0.5) is 4.39 Å². The van der Waals surface area contributed by atoms with E-state index in [9.17, 15) is 17.6 Å². The Balaban J connectivity index is 1.43. The number of fused-ring (bicyclic) bond motifs is 1. The van der Waals surface area contributed by atoms with E-state index in [1.807, 2.05) is 25.1 Å². The van der Waals surface area contributed by atoms with Crippen molar-refractivity contribution in [3.63, 3.8) is 0 Å². The van der Waals surface area contributed by atoms with Crippen LogP contribution in [0.5, 0.6) is 0 Å². The summed E-state index contributed by atoms with van der Waals surface area (Å²) < 4.78 is 46.1. The summed E-state index contributed by atoms with van der Waals surface area (Å²) in [4.78, 5) is 14.0. The molecule has 6 nitrogen and oxygen atoms in total. The van der Waals surface area contributed by atoms with Gasteiger partial charge >= 0.3 is 0 Å². The van der Waals surface area contributed by atoms with Gasteiger partial charge in [-0.05, 0) is 30.7 Å². The van der Waals surface area contributed by atoms with Crippen LogP contribution in [-0.2, 0) is 21.2 Å². The van der Waals surface area contributed by atoms with E-state index < -0.39 is 15.8 Å². The molecule has 0 radical (unpaired) electrons. The van der Waals surface area contributed by atoms with Gasteiger partial charge < -0.3 is 9.32 Å². The van der Waals surface area contributed by atoms with Gasteiger partial charge in [-0.3, -0.25) is 4.79 Å². The molecule has 1 aliphatic rings. The van der Waals surface area contributed by atoms with Gasteiger partial charge in [-0.15, -0.1) is 0 Å². The second-order valence-electron chi connectivity index (χ2n) is 7.15. The fraction of sp³-hybridized carbons (Fsp3) is 0.286. The minimum absolute atomic E-state index is 0.0868. The standard InChI is InChI=1S/C21H21FN2O4S/c1-15-6-7-17-16(14-28-19(17)12-15)13-21(25)23-8-10-24(11-9-23)29(26,27)20-5-3-2-4-18(20)22/h2-7,12,14H,8-11,13H2,1H3. The maximum atomic E-state index is 13.9. The van der Waals surface area contributed by atoms with Crippen molar-refractivity contribution in [1.82, 2.24) is 9.21 Å². The number of furan rings is 1. The fourth-order valence-corrected chi connectivity index (χ4v) is 5.06. The number of carbonyl (C=O) groups excluding carboxylic acids is 1. The summed E-state index contributed by atoms with van der Waals surface area (Å²) in [5, 5.41) is 0.907. The summed E-state index contributed by atoms with van der Waals surface area (Å²) in [6, 6.07) is 11.2. The van der Waals surface area contributed by atoms with Crippen LogP contribution in [0, 0.1) is 12.7 Å². The third-order valence-corrected chi connectivity index (χ3v) is 7.13. The van der Waals surface area contributed by atoms with Crippen LogP contribution in [-0.4, -0.2) is 49.7 Å². The van der Waals surface area contributed by atoms with Crippen molar-refractivity contribution in [3.05, 3.63) is 65.7 Å². The molecule has 1 saturated heterocycles. The summed E-state index contributed by atoms with van der Waals surface area (Å²) >= 11 is 0. The highest BCUT2D eigenvalue weighted by Crippen LogP contribution is 2.24. The van der Waals surface area contributed by atoms with Crippen molar-refractivity contribution in [1.29, 1.82) is 0 Å². The molecule has 1 fully saturated rings. The van der Waals surface area contributed by atoms with Gasteiger partial charge in [0.05, 0.1) is 12.7 Å². The summed E-state index contributed by atoms with van der Waals surface area (Å²) in [6.45, 7) is 2.77. The third kappa shape index (κ3) is 3.77. The zero-order valence-electron chi connectivity index (χ0n) is 16.0. The Labute approximate surface area is 168 Å². The maximum Gasteiger partial charge on any atom is 0.246 e. The normalized spacial score (nSPS) is 15.7. The number of rotatable bonds is 4. The first kappa shape index (κ1) is 19.6. The highest BCUT2D eigenvalue weighted by Gasteiger charge is 2.31. The lowest BCUT2D eigenvalue weighted by Crippen LogP contribution is -2.51. The number of amides is 1. The van der Waals surface area contributed by atoms with Gasteiger partial charge in [0.15, 0.2) is 0 Å². The van der Waals surface area contributed by atoms with E-state index in [4.69, 9.17) is 4.42 Å². The molecule has 4 rings (SSSR count). The lowest BCUT2D eigenvalue weighted by molar-refractivity contribution is -0.131. The summed E-state index contributed by atoms with van der Waals surface area (Å²) in [7, 11) is -3.92. The Morgan fingerprint density at radius 1 is 1.10 bits per heavy atom. The van der Waals surface area contributed by atoms with Crippen LogP contribution in [0.3, 0.4) is 0 Å². The quantitative estimate of drug-likeness (QED) is 0.656. The molecule has 1 aliphatic heterocycles. The van der Waals surface area contributed by atoms with Crippen molar-refractivity contribution >= 4 is 26.9 Å². The number of halogens is 1. The summed E-state index contributed by atoms with van der Waals surface area (Å²) in [5.41, 5.74) is 2.64. The van der Waals surface area contributed by atoms with Gasteiger partial charge in [-0.1, -0.05) is 24.3 Å². The highest BCUT2D eigenvalue weighted by atomic mass is 32.2. The smallest absolute Gasteiger partial charge is 0.246 e. The van der Waals surface area contributed by atoms with E-state index in [0.29, 0.717) is 0 Å². The molecular weight excluding hydrogens is 395 g/mol. The molecule has 1 aromatic heterocycles. The maximum absolute atomic E-state index is 13.9. The van der Waals surface area contributed by atoms with Crippen molar-refractivity contribution in [3.8, 4) is 0 Å². The monoisotopic (exact) mass is 416 g/mol. The molecule has 2 heterocycles. The van der Waals surface area contributed by atoms with Gasteiger partial charge in [-0.2, -0.15) is 4.31 Å². The molecular formula is C21H21FN2O4S. The first-order valence-corrected chi connectivity index (χ1v) is 10.8. The van der Waals surface area contributed by atoms with Crippen LogP contribution in [0.15, 0.2) is 58.0 Å². The van der Waals surface area contributed by atoms with E-state index in [1.165, 1.54) is 22.5 Å². The molecule has 1 amide bonds. The minimum atomic E-state index is -3.92. The molecule has 2 aromatic carbocycles. The summed E-state index contributed by atoms with van der Waals surface area (Å²) in [5.74, 6) is -0.857. The number of carbonyl (C=O) groups is 1. The molecule has 0 aliphatic carbocycles. The highest BCUT2D eigenvalue weighted by molar-refractivity contribution is 7.89. The molecule has 8 heteroatoms. The minimum Gasteiger partial charge on any atom is -0.464 e. The number of piperazine rings is 1. The Morgan fingerprint density at radius 2 is 1.83 bits per heavy atom. The zero-order valence-corrected chi connectivity index (χ0v) is 16.8. The van der Waals surface area contributed by atoms with Gasteiger partial charge in [0, 0.05) is 37.1 Å². The van der Waals surface area contributed by atoms with E-state index in [0.717, 1.165) is 28.2 Å². The number of sulfonamides is 1. The van der Waals surface area contributed by atoms with Crippen molar-refractivity contribution < 1.29 is 22.0 Å². The molecule has 0 unspecified atom stereocenters. The van der Waals surface area contributed by atoms with Crippen LogP contribution in [0.1, 0.15) is 11.1 Å². The topological polar surface area (TPSA) is 70.8 Å². The number of aryl methyl sites for hydroxylation is 1. The van der Waals surface area contributed by atoms with Gasteiger partial charge in [-0.25, -0.2) is 12.8 Å². The molecule has 0 atom stereocenters. The Kier molecular flexibility index (Phi) is 5.14. The predicted molar refractivity (Wildman–Crippen MR) is 106 cm³/mol. The fourth-order valence-electron chi connectivity index (χ4n) is 3.57. The average Bonchev–Trinajstić information content (AvgIpc) is 3.10. The molecule has 152 valence electrons. The van der Waals surface area contributed by atoms with E-state index >= 15 is 0 Å². The lowest BCUT2D eigenvalue weighted by atomic mass is 10.1. The van der Waals surface area contributed by atoms with Crippen LogP contribution in [0.2, 0.25) is 0 Å². The molecule has 0 bridgehead atoms. The van der Waals surface area contributed by atoms with Crippen molar-refractivity contribution in [2.45, 2.75) is 18.2 Å². The van der Waals surface area contributed by atoms with Crippen LogP contribution in [0.25, 0.3) is 11.0 Å². The van der Waals surface area contributed by atoms with E-state index in [2.05, 4.69) is 0 Å². The first-order chi connectivity index (χ1) is 13.9. The zero-order chi connectivity index (χ0) is 20.6. The SMILES string of the molecule is Cc1ccc2c(CC(=O)N3CCN(S(=O)(=O)c4ccccc4F)CC3)coc2c1. The largest absolute Gasteiger partial charge is 0.464 e. The second kappa shape index (κ2) is 7.61. The Morgan fingerprint density at radius 3 is 2.55 bits per heavy atom. The second-order valence-corrected chi connectivity index (χ2v) is 9.06.